The molecule has 0 aromatic heterocycles. The highest BCUT2D eigenvalue weighted by molar-refractivity contribution is 5.91. The second-order valence-corrected chi connectivity index (χ2v) is 5.74. The number of hydrogen-bond acceptors (Lipinski definition) is 3. The lowest BCUT2D eigenvalue weighted by molar-refractivity contribution is -0.168. The zero-order valence-electron chi connectivity index (χ0n) is 10.0. The molecular formula is C13H18O3. The molecule has 0 amide bonds. The molecule has 0 aromatic rings. The van der Waals surface area contributed by atoms with Gasteiger partial charge in [0.15, 0.2) is 5.78 Å². The van der Waals surface area contributed by atoms with Crippen LogP contribution in [0.5, 0.6) is 0 Å². The minimum Gasteiger partial charge on any atom is -0.460 e. The summed E-state index contributed by atoms with van der Waals surface area (Å²) >= 11 is 0. The summed E-state index contributed by atoms with van der Waals surface area (Å²) in [5.41, 5.74) is -0.420. The molecule has 16 heavy (non-hydrogen) atoms. The fourth-order valence-electron chi connectivity index (χ4n) is 2.46. The van der Waals surface area contributed by atoms with Gasteiger partial charge in [-0.05, 0) is 45.1 Å². The van der Waals surface area contributed by atoms with Crippen LogP contribution in [0, 0.1) is 17.8 Å². The first-order valence-electron chi connectivity index (χ1n) is 5.81. The smallest absolute Gasteiger partial charge is 0.310 e. The largest absolute Gasteiger partial charge is 0.460 e. The summed E-state index contributed by atoms with van der Waals surface area (Å²) in [6.07, 6.45) is 4.89. The maximum atomic E-state index is 11.8. The van der Waals surface area contributed by atoms with Gasteiger partial charge in [0.1, 0.15) is 5.60 Å². The average molecular weight is 222 g/mol. The third-order valence-electron chi connectivity index (χ3n) is 3.24. The molecule has 3 nitrogen and oxygen atoms in total. The third-order valence-corrected chi connectivity index (χ3v) is 3.24. The summed E-state index contributed by atoms with van der Waals surface area (Å²) < 4.78 is 5.36. The van der Waals surface area contributed by atoms with E-state index in [-0.39, 0.29) is 23.6 Å². The first kappa shape index (κ1) is 11.4. The first-order chi connectivity index (χ1) is 7.37. The van der Waals surface area contributed by atoms with Gasteiger partial charge in [-0.15, -0.1) is 0 Å². The van der Waals surface area contributed by atoms with Crippen LogP contribution in [0.25, 0.3) is 0 Å². The quantitative estimate of drug-likeness (QED) is 0.638. The zero-order chi connectivity index (χ0) is 11.9. The number of allylic oxidation sites excluding steroid dienone is 2. The van der Waals surface area contributed by atoms with Crippen molar-refractivity contribution in [3.63, 3.8) is 0 Å². The molecule has 2 rings (SSSR count). The van der Waals surface area contributed by atoms with E-state index in [0.717, 1.165) is 6.42 Å². The van der Waals surface area contributed by atoms with E-state index in [1.54, 1.807) is 6.08 Å². The fraction of sp³-hybridized carbons (Fsp3) is 0.692. The molecule has 3 heteroatoms. The van der Waals surface area contributed by atoms with Gasteiger partial charge in [0, 0.05) is 6.42 Å². The van der Waals surface area contributed by atoms with Crippen molar-refractivity contribution >= 4 is 11.8 Å². The van der Waals surface area contributed by atoms with Crippen LogP contribution in [0.2, 0.25) is 0 Å². The molecular weight excluding hydrogens is 204 g/mol. The Balaban J connectivity index is 1.97. The van der Waals surface area contributed by atoms with E-state index in [0.29, 0.717) is 12.3 Å². The van der Waals surface area contributed by atoms with E-state index in [1.807, 2.05) is 26.8 Å². The highest BCUT2D eigenvalue weighted by Gasteiger charge is 2.47. The van der Waals surface area contributed by atoms with Gasteiger partial charge in [-0.25, -0.2) is 0 Å². The monoisotopic (exact) mass is 222 g/mol. The van der Waals surface area contributed by atoms with Gasteiger partial charge in [0.25, 0.3) is 0 Å². The van der Waals surface area contributed by atoms with E-state index >= 15 is 0 Å². The van der Waals surface area contributed by atoms with Gasteiger partial charge in [0.2, 0.25) is 0 Å². The molecule has 1 saturated carbocycles. The summed E-state index contributed by atoms with van der Waals surface area (Å²) in [4.78, 5) is 23.0. The van der Waals surface area contributed by atoms with Crippen molar-refractivity contribution in [1.82, 2.24) is 0 Å². The third kappa shape index (κ3) is 2.18. The van der Waals surface area contributed by atoms with Crippen molar-refractivity contribution in [2.24, 2.45) is 17.8 Å². The number of carbonyl (C=O) groups is 2. The Hall–Kier alpha value is -1.12. The van der Waals surface area contributed by atoms with Gasteiger partial charge < -0.3 is 4.74 Å². The van der Waals surface area contributed by atoms with Gasteiger partial charge in [-0.3, -0.25) is 9.59 Å². The van der Waals surface area contributed by atoms with Crippen LogP contribution in [-0.2, 0) is 14.3 Å². The lowest BCUT2D eigenvalue weighted by Gasteiger charge is -2.43. The van der Waals surface area contributed by atoms with Crippen LogP contribution in [0.3, 0.4) is 0 Å². The maximum absolute atomic E-state index is 11.8. The number of hydrogen-bond donors (Lipinski definition) is 0. The Morgan fingerprint density at radius 3 is 2.69 bits per heavy atom. The second kappa shape index (κ2) is 3.72. The number of ketones is 1. The predicted molar refractivity (Wildman–Crippen MR) is 59.7 cm³/mol. The Bertz CT molecular complexity index is 349. The predicted octanol–water partition coefficient (Wildman–Crippen LogP) is 2.11. The lowest BCUT2D eigenvalue weighted by Crippen LogP contribution is -2.45. The first-order valence-corrected chi connectivity index (χ1v) is 5.81. The molecule has 2 aliphatic carbocycles. The van der Waals surface area contributed by atoms with Crippen molar-refractivity contribution in [3.8, 4) is 0 Å². The fourth-order valence-corrected chi connectivity index (χ4v) is 2.46. The normalized spacial score (nSPS) is 32.9. The zero-order valence-corrected chi connectivity index (χ0v) is 10.0. The number of rotatable bonds is 1. The summed E-state index contributed by atoms with van der Waals surface area (Å²) in [5.74, 6) is 0.632. The molecule has 0 N–H and O–H groups in total. The van der Waals surface area contributed by atoms with Crippen LogP contribution < -0.4 is 0 Å². The van der Waals surface area contributed by atoms with Crippen molar-refractivity contribution in [1.29, 1.82) is 0 Å². The lowest BCUT2D eigenvalue weighted by atomic mass is 9.61. The van der Waals surface area contributed by atoms with Crippen LogP contribution in [0.1, 0.15) is 33.6 Å². The Labute approximate surface area is 95.9 Å². The Morgan fingerprint density at radius 1 is 1.44 bits per heavy atom. The highest BCUT2D eigenvalue weighted by Crippen LogP contribution is 2.46. The molecule has 0 heterocycles. The van der Waals surface area contributed by atoms with E-state index < -0.39 is 5.60 Å². The van der Waals surface area contributed by atoms with Gasteiger partial charge in [0.05, 0.1) is 5.92 Å². The number of fused-ring (bicyclic) bond motifs is 1. The van der Waals surface area contributed by atoms with E-state index in [9.17, 15) is 9.59 Å². The van der Waals surface area contributed by atoms with Crippen LogP contribution in [0.4, 0.5) is 0 Å². The van der Waals surface area contributed by atoms with Gasteiger partial charge >= 0.3 is 5.97 Å². The molecule has 0 spiro atoms. The molecule has 0 aliphatic heterocycles. The molecule has 3 atom stereocenters. The highest BCUT2D eigenvalue weighted by atomic mass is 16.6. The van der Waals surface area contributed by atoms with Gasteiger partial charge in [-0.2, -0.15) is 0 Å². The molecule has 2 aliphatic rings. The van der Waals surface area contributed by atoms with Crippen molar-refractivity contribution in [3.05, 3.63) is 12.2 Å². The average Bonchev–Trinajstić information content (AvgIpc) is 2.06. The van der Waals surface area contributed by atoms with E-state index in [1.165, 1.54) is 0 Å². The SMILES string of the molecule is CC(C)(C)OC(=O)[C@H]1C[C@@H]2CC(=O)C=C[C@@H]21. The second-order valence-electron chi connectivity index (χ2n) is 5.74. The van der Waals surface area contributed by atoms with E-state index in [2.05, 4.69) is 0 Å². The number of carbonyl (C=O) groups excluding carboxylic acids is 2. The van der Waals surface area contributed by atoms with Crippen LogP contribution in [0.15, 0.2) is 12.2 Å². The topological polar surface area (TPSA) is 43.4 Å². The maximum Gasteiger partial charge on any atom is 0.310 e. The molecule has 1 fully saturated rings. The molecule has 88 valence electrons. The van der Waals surface area contributed by atoms with Crippen molar-refractivity contribution < 1.29 is 14.3 Å². The Morgan fingerprint density at radius 2 is 2.12 bits per heavy atom. The number of ether oxygens (including phenoxy) is 1. The molecule has 0 radical (unpaired) electrons. The summed E-state index contributed by atoms with van der Waals surface area (Å²) in [7, 11) is 0. The van der Waals surface area contributed by atoms with E-state index in [4.69, 9.17) is 4.74 Å². The molecule has 0 unspecified atom stereocenters. The van der Waals surface area contributed by atoms with Crippen LogP contribution >= 0.6 is 0 Å². The van der Waals surface area contributed by atoms with Crippen molar-refractivity contribution in [2.45, 2.75) is 39.2 Å². The standard InChI is InChI=1S/C13H18O3/c1-13(2,3)16-12(15)11-7-8-6-9(14)4-5-10(8)11/h4-5,8,10-11H,6-7H2,1-3H3/t8-,10-,11-/m0/s1. The van der Waals surface area contributed by atoms with Gasteiger partial charge in [-0.1, -0.05) is 6.08 Å². The Kier molecular flexibility index (Phi) is 2.64. The van der Waals surface area contributed by atoms with Crippen LogP contribution in [-0.4, -0.2) is 17.4 Å². The summed E-state index contributed by atoms with van der Waals surface area (Å²) in [6.45, 7) is 5.63. The minimum atomic E-state index is -0.420. The summed E-state index contributed by atoms with van der Waals surface area (Å²) in [5, 5.41) is 0. The molecule has 0 aromatic carbocycles. The summed E-state index contributed by atoms with van der Waals surface area (Å²) in [6, 6.07) is 0. The van der Waals surface area contributed by atoms with Crippen molar-refractivity contribution in [2.75, 3.05) is 0 Å². The molecule has 0 bridgehead atoms. The number of esters is 1. The molecule has 0 saturated heterocycles. The minimum absolute atomic E-state index is 0.0337.